The number of amides is 1. The Kier molecular flexibility index (Phi) is 7.48. The Morgan fingerprint density at radius 2 is 1.87 bits per heavy atom. The molecule has 206 valence electrons. The Balaban J connectivity index is 1.52. The van der Waals surface area contributed by atoms with E-state index >= 15 is 0 Å². The molecule has 0 unspecified atom stereocenters. The standard InChI is InChI=1S/C29H35N5O4S/c1-18(2)17-38-23-14-19(3)13-21(15-23)25-12-11-24(28(31-25)34-16-20-7-9-22(34)10-8-20)29(35)33-39(36,37)27-6-4-5-26(30)32-27/h4-6,11-15,18,20,22H,7-10,16-17H2,1-3H3,(H2,30,32)(H,33,35). The monoisotopic (exact) mass is 549 g/mol. The van der Waals surface area contributed by atoms with Gasteiger partial charge in [-0.05, 0) is 92.5 Å². The van der Waals surface area contributed by atoms with Gasteiger partial charge in [-0.3, -0.25) is 4.79 Å². The van der Waals surface area contributed by atoms with Crippen LogP contribution in [-0.2, 0) is 10.0 Å². The van der Waals surface area contributed by atoms with Crippen molar-refractivity contribution in [3.63, 3.8) is 0 Å². The van der Waals surface area contributed by atoms with Gasteiger partial charge < -0.3 is 15.4 Å². The second kappa shape index (κ2) is 10.8. The zero-order valence-corrected chi connectivity index (χ0v) is 23.4. The molecule has 2 aromatic heterocycles. The molecule has 1 aliphatic carbocycles. The number of rotatable bonds is 8. The number of sulfonamides is 1. The summed E-state index contributed by atoms with van der Waals surface area (Å²) in [6.45, 7) is 7.61. The molecule has 0 spiro atoms. The predicted octanol–water partition coefficient (Wildman–Crippen LogP) is 4.57. The summed E-state index contributed by atoms with van der Waals surface area (Å²) in [4.78, 5) is 24.5. The number of fused-ring (bicyclic) bond motifs is 3. The van der Waals surface area contributed by atoms with Crippen LogP contribution in [0.3, 0.4) is 0 Å². The zero-order chi connectivity index (χ0) is 27.7. The fraction of sp³-hybridized carbons (Fsp3) is 0.414. The minimum Gasteiger partial charge on any atom is -0.493 e. The first kappa shape index (κ1) is 26.9. The van der Waals surface area contributed by atoms with Crippen molar-refractivity contribution >= 4 is 27.6 Å². The summed E-state index contributed by atoms with van der Waals surface area (Å²) < 4.78 is 34.1. The molecule has 1 aromatic carbocycles. The van der Waals surface area contributed by atoms with Gasteiger partial charge in [0.2, 0.25) is 0 Å². The van der Waals surface area contributed by atoms with Crippen molar-refractivity contribution in [1.82, 2.24) is 14.7 Å². The van der Waals surface area contributed by atoms with Crippen LogP contribution >= 0.6 is 0 Å². The van der Waals surface area contributed by atoms with Crippen LogP contribution in [0, 0.1) is 18.8 Å². The number of pyridine rings is 2. The van der Waals surface area contributed by atoms with Gasteiger partial charge in [-0.1, -0.05) is 19.9 Å². The summed E-state index contributed by atoms with van der Waals surface area (Å²) in [5.41, 5.74) is 8.48. The number of nitrogens with zero attached hydrogens (tertiary/aromatic N) is 3. The summed E-state index contributed by atoms with van der Waals surface area (Å²) in [6, 6.07) is 13.9. The third-order valence-corrected chi connectivity index (χ3v) is 8.51. The number of hydrogen-bond acceptors (Lipinski definition) is 8. The number of aromatic nitrogens is 2. The van der Waals surface area contributed by atoms with Crippen LogP contribution in [-0.4, -0.2) is 43.5 Å². The molecule has 1 amide bonds. The molecule has 3 N–H and O–H groups in total. The highest BCUT2D eigenvalue weighted by molar-refractivity contribution is 7.90. The van der Waals surface area contributed by atoms with Crippen molar-refractivity contribution in [3.8, 4) is 17.0 Å². The van der Waals surface area contributed by atoms with E-state index in [0.29, 0.717) is 30.0 Å². The first-order valence-electron chi connectivity index (χ1n) is 13.4. The zero-order valence-electron chi connectivity index (χ0n) is 22.6. The van der Waals surface area contributed by atoms with Gasteiger partial charge in [0.25, 0.3) is 15.9 Å². The number of benzene rings is 1. The number of carbonyl (C=O) groups excluding carboxylic acids is 1. The van der Waals surface area contributed by atoms with Crippen molar-refractivity contribution in [2.24, 2.45) is 11.8 Å². The van der Waals surface area contributed by atoms with Crippen LogP contribution in [0.4, 0.5) is 11.6 Å². The lowest BCUT2D eigenvalue weighted by atomic mass is 9.80. The lowest BCUT2D eigenvalue weighted by Crippen LogP contribution is -2.49. The van der Waals surface area contributed by atoms with Crippen molar-refractivity contribution in [2.75, 3.05) is 23.8 Å². The molecule has 1 saturated carbocycles. The quantitative estimate of drug-likeness (QED) is 0.418. The summed E-state index contributed by atoms with van der Waals surface area (Å²) in [5, 5.41) is -0.312. The van der Waals surface area contributed by atoms with E-state index in [-0.39, 0.29) is 22.4 Å². The van der Waals surface area contributed by atoms with Crippen LogP contribution in [0.1, 0.15) is 55.5 Å². The van der Waals surface area contributed by atoms with Gasteiger partial charge in [0.05, 0.1) is 17.9 Å². The second-order valence-corrected chi connectivity index (χ2v) is 12.6. The molecule has 0 atom stereocenters. The normalized spacial score (nSPS) is 18.8. The Morgan fingerprint density at radius 3 is 2.54 bits per heavy atom. The lowest BCUT2D eigenvalue weighted by molar-refractivity contribution is 0.0981. The SMILES string of the molecule is Cc1cc(OCC(C)C)cc(-c2ccc(C(=O)NS(=O)(=O)c3cccc(N)n3)c(N3CC4CCC3CC4)n2)c1. The number of nitrogen functional groups attached to an aromatic ring is 1. The predicted molar refractivity (Wildman–Crippen MR) is 151 cm³/mol. The van der Waals surface area contributed by atoms with Crippen molar-refractivity contribution in [2.45, 2.75) is 57.5 Å². The van der Waals surface area contributed by atoms with Crippen molar-refractivity contribution in [1.29, 1.82) is 0 Å². The Hall–Kier alpha value is -3.66. The van der Waals surface area contributed by atoms with E-state index in [9.17, 15) is 13.2 Å². The molecule has 3 aliphatic rings. The third-order valence-electron chi connectivity index (χ3n) is 7.28. The number of ether oxygens (including phenoxy) is 1. The maximum absolute atomic E-state index is 13.5. The van der Waals surface area contributed by atoms with E-state index in [1.54, 1.807) is 12.1 Å². The maximum Gasteiger partial charge on any atom is 0.281 e. The summed E-state index contributed by atoms with van der Waals surface area (Å²) in [7, 11) is -4.23. The minimum absolute atomic E-state index is 0.0521. The molecule has 4 heterocycles. The summed E-state index contributed by atoms with van der Waals surface area (Å²) in [6.07, 6.45) is 4.38. The first-order valence-corrected chi connectivity index (χ1v) is 14.9. The van der Waals surface area contributed by atoms with Crippen LogP contribution in [0.5, 0.6) is 5.75 Å². The highest BCUT2D eigenvalue weighted by atomic mass is 32.2. The number of carbonyl (C=O) groups is 1. The molecule has 6 rings (SSSR count). The number of anilines is 2. The molecule has 0 radical (unpaired) electrons. The van der Waals surface area contributed by atoms with Gasteiger partial charge in [0, 0.05) is 18.2 Å². The molecular formula is C29H35N5O4S. The molecule has 3 aromatic rings. The highest BCUT2D eigenvalue weighted by Gasteiger charge is 2.36. The Bertz CT molecular complexity index is 1480. The molecule has 3 fully saturated rings. The number of nitrogens with one attached hydrogen (secondary N) is 1. The number of hydrogen-bond donors (Lipinski definition) is 2. The second-order valence-electron chi connectivity index (χ2n) is 11.0. The number of piperidine rings is 2. The van der Waals surface area contributed by atoms with Crippen molar-refractivity contribution in [3.05, 3.63) is 59.7 Å². The maximum atomic E-state index is 13.5. The first-order chi connectivity index (χ1) is 18.6. The van der Waals surface area contributed by atoms with E-state index in [1.165, 1.54) is 18.2 Å². The summed E-state index contributed by atoms with van der Waals surface area (Å²) >= 11 is 0. The lowest BCUT2D eigenvalue weighted by Gasteiger charge is -2.46. The fourth-order valence-corrected chi connectivity index (χ4v) is 6.32. The topological polar surface area (TPSA) is 128 Å². The van der Waals surface area contributed by atoms with Gasteiger partial charge in [-0.15, -0.1) is 0 Å². The number of aryl methyl sites for hydroxylation is 1. The largest absolute Gasteiger partial charge is 0.493 e. The average molecular weight is 550 g/mol. The number of nitrogens with two attached hydrogens (primary N) is 1. The van der Waals surface area contributed by atoms with Gasteiger partial charge >= 0.3 is 0 Å². The smallest absolute Gasteiger partial charge is 0.281 e. The molecule has 9 nitrogen and oxygen atoms in total. The molecule has 2 saturated heterocycles. The van der Waals surface area contributed by atoms with E-state index in [0.717, 1.165) is 49.1 Å². The van der Waals surface area contributed by atoms with Crippen molar-refractivity contribution < 1.29 is 17.9 Å². The molecule has 2 aliphatic heterocycles. The van der Waals surface area contributed by atoms with Gasteiger partial charge in [-0.2, -0.15) is 8.42 Å². The van der Waals surface area contributed by atoms with Gasteiger partial charge in [-0.25, -0.2) is 14.7 Å². The van der Waals surface area contributed by atoms with Gasteiger partial charge in [0.1, 0.15) is 17.4 Å². The Morgan fingerprint density at radius 1 is 1.10 bits per heavy atom. The minimum atomic E-state index is -4.23. The van der Waals surface area contributed by atoms with Crippen LogP contribution in [0.25, 0.3) is 11.3 Å². The van der Waals surface area contributed by atoms with Crippen LogP contribution in [0.15, 0.2) is 53.6 Å². The molecule has 39 heavy (non-hydrogen) atoms. The van der Waals surface area contributed by atoms with E-state index in [4.69, 9.17) is 15.5 Å². The van der Waals surface area contributed by atoms with E-state index < -0.39 is 15.9 Å². The fourth-order valence-electron chi connectivity index (χ4n) is 5.38. The molecular weight excluding hydrogens is 514 g/mol. The Labute approximate surface area is 229 Å². The molecule has 10 heteroatoms. The van der Waals surface area contributed by atoms with E-state index in [2.05, 4.69) is 28.5 Å². The third kappa shape index (κ3) is 6.00. The van der Waals surface area contributed by atoms with Crippen LogP contribution < -0.4 is 20.1 Å². The summed E-state index contributed by atoms with van der Waals surface area (Å²) in [5.74, 6) is 1.50. The van der Waals surface area contributed by atoms with Gasteiger partial charge in [0.15, 0.2) is 5.03 Å². The van der Waals surface area contributed by atoms with Crippen LogP contribution in [0.2, 0.25) is 0 Å². The molecule has 2 bridgehead atoms. The average Bonchev–Trinajstić information content (AvgIpc) is 2.91. The van der Waals surface area contributed by atoms with E-state index in [1.807, 2.05) is 25.1 Å². The highest BCUT2D eigenvalue weighted by Crippen LogP contribution is 2.39.